The van der Waals surface area contributed by atoms with Crippen LogP contribution < -0.4 is 5.32 Å². The van der Waals surface area contributed by atoms with Crippen LogP contribution in [0.15, 0.2) is 4.52 Å². The van der Waals surface area contributed by atoms with Crippen molar-refractivity contribution in [1.29, 1.82) is 0 Å². The molecule has 3 rings (SSSR count). The predicted molar refractivity (Wildman–Crippen MR) is 95.3 cm³/mol. The van der Waals surface area contributed by atoms with E-state index in [0.717, 1.165) is 32.1 Å². The van der Waals surface area contributed by atoms with E-state index in [-0.39, 0.29) is 23.9 Å². The fourth-order valence-electron chi connectivity index (χ4n) is 3.85. The lowest BCUT2D eigenvalue weighted by atomic mass is 10.0. The van der Waals surface area contributed by atoms with Crippen LogP contribution in [0.2, 0.25) is 0 Å². The number of hydrogen-bond donors (Lipinski definition) is 1. The Morgan fingerprint density at radius 2 is 1.96 bits per heavy atom. The highest BCUT2D eigenvalue weighted by molar-refractivity contribution is 5.80. The second-order valence-corrected chi connectivity index (χ2v) is 7.22. The van der Waals surface area contributed by atoms with Crippen molar-refractivity contribution in [2.45, 2.75) is 58.4 Å². The second-order valence-electron chi connectivity index (χ2n) is 7.22. The van der Waals surface area contributed by atoms with Crippen molar-refractivity contribution >= 4 is 11.9 Å². The quantitative estimate of drug-likeness (QED) is 0.886. The summed E-state index contributed by atoms with van der Waals surface area (Å²) < 4.78 is 5.39. The van der Waals surface area contributed by atoms with Gasteiger partial charge in [-0.15, -0.1) is 0 Å². The van der Waals surface area contributed by atoms with E-state index in [1.54, 1.807) is 11.8 Å². The molecule has 1 aliphatic carbocycles. The van der Waals surface area contributed by atoms with Gasteiger partial charge < -0.3 is 19.6 Å². The first-order valence-electron chi connectivity index (χ1n) is 9.73. The lowest BCUT2D eigenvalue weighted by Gasteiger charge is -2.29. The highest BCUT2D eigenvalue weighted by Gasteiger charge is 2.37. The highest BCUT2D eigenvalue weighted by Crippen LogP contribution is 2.32. The van der Waals surface area contributed by atoms with E-state index >= 15 is 0 Å². The van der Waals surface area contributed by atoms with E-state index < -0.39 is 0 Å². The normalized spacial score (nSPS) is 21.7. The Labute approximate surface area is 154 Å². The minimum absolute atomic E-state index is 0.0672. The standard InChI is InChI=1S/C18H29N5O3/c1-3-9-19-18(25)22-10-8-15(16-20-13(2)21-26-16)23(12-11-22)17(24)14-6-4-5-7-14/h14-15H,3-12H2,1-2H3,(H,19,25). The Hall–Kier alpha value is -2.12. The van der Waals surface area contributed by atoms with Crippen LogP contribution in [0, 0.1) is 12.8 Å². The van der Waals surface area contributed by atoms with Gasteiger partial charge in [-0.2, -0.15) is 4.98 Å². The SMILES string of the molecule is CCCNC(=O)N1CCC(c2nc(C)no2)N(C(=O)C2CCCC2)CC1. The van der Waals surface area contributed by atoms with Crippen LogP contribution in [0.1, 0.15) is 63.2 Å². The third kappa shape index (κ3) is 4.16. The van der Waals surface area contributed by atoms with Gasteiger partial charge in [-0.25, -0.2) is 4.79 Å². The highest BCUT2D eigenvalue weighted by atomic mass is 16.5. The zero-order valence-electron chi connectivity index (χ0n) is 15.7. The molecule has 0 aromatic carbocycles. The predicted octanol–water partition coefficient (Wildman–Crippen LogP) is 2.26. The van der Waals surface area contributed by atoms with Crippen LogP contribution in [-0.4, -0.2) is 58.1 Å². The zero-order valence-corrected chi connectivity index (χ0v) is 15.7. The van der Waals surface area contributed by atoms with Crippen molar-refractivity contribution in [3.05, 3.63) is 11.7 Å². The van der Waals surface area contributed by atoms with Crippen LogP contribution in [0.4, 0.5) is 4.79 Å². The molecule has 8 nitrogen and oxygen atoms in total. The molecule has 26 heavy (non-hydrogen) atoms. The Morgan fingerprint density at radius 1 is 1.19 bits per heavy atom. The molecule has 2 heterocycles. The van der Waals surface area contributed by atoms with E-state index in [1.165, 1.54) is 0 Å². The number of nitrogens with zero attached hydrogens (tertiary/aromatic N) is 4. The average Bonchev–Trinajstić information content (AvgIpc) is 3.26. The van der Waals surface area contributed by atoms with Gasteiger partial charge in [0.05, 0.1) is 0 Å². The van der Waals surface area contributed by atoms with Crippen LogP contribution >= 0.6 is 0 Å². The maximum absolute atomic E-state index is 13.1. The molecule has 1 aromatic rings. The van der Waals surface area contributed by atoms with Crippen molar-refractivity contribution in [3.63, 3.8) is 0 Å². The zero-order chi connectivity index (χ0) is 18.5. The molecule has 2 fully saturated rings. The number of urea groups is 1. The number of carbonyl (C=O) groups is 2. The molecule has 1 saturated heterocycles. The number of nitrogens with one attached hydrogen (secondary N) is 1. The molecule has 0 bridgehead atoms. The third-order valence-electron chi connectivity index (χ3n) is 5.29. The maximum atomic E-state index is 13.1. The van der Waals surface area contributed by atoms with Gasteiger partial charge in [-0.05, 0) is 32.6 Å². The number of rotatable bonds is 4. The molecule has 3 amide bonds. The topological polar surface area (TPSA) is 91.6 Å². The van der Waals surface area contributed by atoms with E-state index in [4.69, 9.17) is 4.52 Å². The van der Waals surface area contributed by atoms with Crippen molar-refractivity contribution in [3.8, 4) is 0 Å². The van der Waals surface area contributed by atoms with Gasteiger partial charge in [0.25, 0.3) is 0 Å². The Bertz CT molecular complexity index is 626. The molecule has 1 N–H and O–H groups in total. The summed E-state index contributed by atoms with van der Waals surface area (Å²) >= 11 is 0. The second kappa shape index (κ2) is 8.51. The number of hydrogen-bond acceptors (Lipinski definition) is 5. The summed E-state index contributed by atoms with van der Waals surface area (Å²) in [6.45, 7) is 6.05. The van der Waals surface area contributed by atoms with Gasteiger partial charge >= 0.3 is 6.03 Å². The Balaban J connectivity index is 1.76. The molecule has 0 spiro atoms. The first kappa shape index (κ1) is 18.7. The first-order chi connectivity index (χ1) is 12.6. The van der Waals surface area contributed by atoms with Gasteiger partial charge in [0.1, 0.15) is 6.04 Å². The summed E-state index contributed by atoms with van der Waals surface area (Å²) in [5, 5.41) is 6.81. The molecule has 1 atom stereocenters. The Morgan fingerprint density at radius 3 is 2.62 bits per heavy atom. The van der Waals surface area contributed by atoms with Crippen molar-refractivity contribution in [2.24, 2.45) is 5.92 Å². The largest absolute Gasteiger partial charge is 0.338 e. The van der Waals surface area contributed by atoms with Crippen molar-refractivity contribution in [2.75, 3.05) is 26.2 Å². The minimum Gasteiger partial charge on any atom is -0.338 e. The van der Waals surface area contributed by atoms with Crippen molar-refractivity contribution < 1.29 is 14.1 Å². The number of aryl methyl sites for hydroxylation is 1. The third-order valence-corrected chi connectivity index (χ3v) is 5.29. The van der Waals surface area contributed by atoms with Crippen LogP contribution in [0.25, 0.3) is 0 Å². The molecule has 1 saturated carbocycles. The molecule has 1 aliphatic heterocycles. The number of amides is 3. The smallest absolute Gasteiger partial charge is 0.317 e. The fraction of sp³-hybridized carbons (Fsp3) is 0.778. The van der Waals surface area contributed by atoms with Crippen molar-refractivity contribution in [1.82, 2.24) is 25.3 Å². The molecule has 2 aliphatic rings. The number of aromatic nitrogens is 2. The molecular formula is C18H29N5O3. The number of carbonyl (C=O) groups excluding carboxylic acids is 2. The lowest BCUT2D eigenvalue weighted by Crippen LogP contribution is -2.43. The summed E-state index contributed by atoms with van der Waals surface area (Å²) in [6, 6.07) is -0.323. The average molecular weight is 363 g/mol. The molecule has 1 unspecified atom stereocenters. The lowest BCUT2D eigenvalue weighted by molar-refractivity contribution is -0.138. The maximum Gasteiger partial charge on any atom is 0.317 e. The molecule has 1 aromatic heterocycles. The summed E-state index contributed by atoms with van der Waals surface area (Å²) in [5.74, 6) is 1.29. The van der Waals surface area contributed by atoms with Crippen LogP contribution in [0.3, 0.4) is 0 Å². The van der Waals surface area contributed by atoms with Crippen LogP contribution in [-0.2, 0) is 4.79 Å². The summed E-state index contributed by atoms with van der Waals surface area (Å²) in [4.78, 5) is 33.5. The first-order valence-corrected chi connectivity index (χ1v) is 9.73. The molecule has 8 heteroatoms. The van der Waals surface area contributed by atoms with E-state index in [9.17, 15) is 9.59 Å². The van der Waals surface area contributed by atoms with Gasteiger partial charge in [0.2, 0.25) is 11.8 Å². The summed E-state index contributed by atoms with van der Waals surface area (Å²) in [6.07, 6.45) is 5.63. The summed E-state index contributed by atoms with van der Waals surface area (Å²) in [5.41, 5.74) is 0. The van der Waals surface area contributed by atoms with Gasteiger partial charge in [0.15, 0.2) is 5.82 Å². The van der Waals surface area contributed by atoms with E-state index in [0.29, 0.717) is 44.3 Å². The van der Waals surface area contributed by atoms with E-state index in [2.05, 4.69) is 15.5 Å². The minimum atomic E-state index is -0.256. The fourth-order valence-corrected chi connectivity index (χ4v) is 3.85. The molecule has 0 radical (unpaired) electrons. The monoisotopic (exact) mass is 363 g/mol. The van der Waals surface area contributed by atoms with E-state index in [1.807, 2.05) is 11.8 Å². The molecule has 144 valence electrons. The van der Waals surface area contributed by atoms with Gasteiger partial charge in [-0.1, -0.05) is 24.9 Å². The van der Waals surface area contributed by atoms with Gasteiger partial charge in [-0.3, -0.25) is 4.79 Å². The van der Waals surface area contributed by atoms with Gasteiger partial charge in [0, 0.05) is 32.1 Å². The Kier molecular flexibility index (Phi) is 6.11. The molecular weight excluding hydrogens is 334 g/mol. The van der Waals surface area contributed by atoms with Crippen LogP contribution in [0.5, 0.6) is 0 Å². The summed E-state index contributed by atoms with van der Waals surface area (Å²) in [7, 11) is 0.